The lowest BCUT2D eigenvalue weighted by Gasteiger charge is -2.13. The molecule has 0 radical (unpaired) electrons. The third-order valence-electron chi connectivity index (χ3n) is 3.21. The van der Waals surface area contributed by atoms with Crippen LogP contribution in [0.1, 0.15) is 16.7 Å². The molecule has 16 heavy (non-hydrogen) atoms. The van der Waals surface area contributed by atoms with E-state index in [4.69, 9.17) is 21.1 Å². The third kappa shape index (κ3) is 1.41. The van der Waals surface area contributed by atoms with Crippen molar-refractivity contribution in [3.05, 3.63) is 21.7 Å². The van der Waals surface area contributed by atoms with Crippen molar-refractivity contribution < 1.29 is 9.47 Å². The molecule has 0 spiro atoms. The lowest BCUT2D eigenvalue weighted by Crippen LogP contribution is -1.98. The molecular formula is C12H13ClO2S. The van der Waals surface area contributed by atoms with Gasteiger partial charge in [0.2, 0.25) is 0 Å². The molecule has 0 saturated carbocycles. The number of hydrogen-bond donors (Lipinski definition) is 1. The lowest BCUT2D eigenvalue weighted by atomic mass is 9.98. The molecule has 2 nitrogen and oxygen atoms in total. The average molecular weight is 257 g/mol. The molecule has 0 saturated heterocycles. The largest absolute Gasteiger partial charge is 0.493 e. The van der Waals surface area contributed by atoms with Crippen molar-refractivity contribution in [1.29, 1.82) is 0 Å². The maximum atomic E-state index is 6.35. The first-order chi connectivity index (χ1) is 7.83. The highest BCUT2D eigenvalue weighted by Gasteiger charge is 2.30. The highest BCUT2D eigenvalue weighted by Crippen LogP contribution is 2.47. The van der Waals surface area contributed by atoms with Gasteiger partial charge in [-0.05, 0) is 12.2 Å². The second-order valence-corrected chi connectivity index (χ2v) is 4.90. The number of fused-ring (bicyclic) bond motifs is 2. The minimum atomic E-state index is 0.734. The molecule has 1 aromatic rings. The Bertz CT molecular complexity index is 410. The van der Waals surface area contributed by atoms with Crippen LogP contribution >= 0.6 is 24.2 Å². The molecule has 2 heterocycles. The van der Waals surface area contributed by atoms with E-state index in [-0.39, 0.29) is 0 Å². The van der Waals surface area contributed by atoms with E-state index in [9.17, 15) is 0 Å². The highest BCUT2D eigenvalue weighted by molar-refractivity contribution is 7.80. The summed E-state index contributed by atoms with van der Waals surface area (Å²) < 4.78 is 11.3. The fraction of sp³-hybridized carbons (Fsp3) is 0.500. The standard InChI is InChI=1S/C12H13ClO2S/c13-10-9-2-5-14-11(9)8(3-6-16)7-1-4-15-12(7)10/h16H,1-6H2. The van der Waals surface area contributed by atoms with Gasteiger partial charge in [-0.25, -0.2) is 0 Å². The number of rotatable bonds is 2. The van der Waals surface area contributed by atoms with Gasteiger partial charge in [0.05, 0.1) is 18.2 Å². The first-order valence-corrected chi connectivity index (χ1v) is 6.56. The van der Waals surface area contributed by atoms with Crippen LogP contribution in [0.4, 0.5) is 0 Å². The van der Waals surface area contributed by atoms with Crippen molar-refractivity contribution in [3.63, 3.8) is 0 Å². The molecule has 4 heteroatoms. The summed E-state index contributed by atoms with van der Waals surface area (Å²) >= 11 is 10.7. The normalized spacial score (nSPS) is 16.6. The Labute approximate surface area is 105 Å². The van der Waals surface area contributed by atoms with Gasteiger partial charge >= 0.3 is 0 Å². The summed E-state index contributed by atoms with van der Waals surface area (Å²) in [5, 5.41) is 0.767. The van der Waals surface area contributed by atoms with Crippen LogP contribution in [0, 0.1) is 0 Å². The van der Waals surface area contributed by atoms with Gasteiger partial charge in [0.15, 0.2) is 0 Å². The molecule has 0 aromatic heterocycles. The second-order valence-electron chi connectivity index (χ2n) is 4.08. The van der Waals surface area contributed by atoms with Gasteiger partial charge in [0.1, 0.15) is 11.5 Å². The molecule has 0 unspecified atom stereocenters. The van der Waals surface area contributed by atoms with Crippen LogP contribution in [-0.2, 0) is 19.3 Å². The van der Waals surface area contributed by atoms with Crippen molar-refractivity contribution >= 4 is 24.2 Å². The Balaban J connectivity index is 2.23. The number of benzene rings is 1. The molecule has 0 atom stereocenters. The van der Waals surface area contributed by atoms with Gasteiger partial charge in [-0.1, -0.05) is 11.6 Å². The predicted octanol–water partition coefficient (Wildman–Crippen LogP) is 2.68. The van der Waals surface area contributed by atoms with Gasteiger partial charge < -0.3 is 9.47 Å². The Morgan fingerprint density at radius 2 is 1.75 bits per heavy atom. The SMILES string of the molecule is SCCc1c2c(c(Cl)c3c1OCC3)OCC2. The number of halogens is 1. The van der Waals surface area contributed by atoms with E-state index in [2.05, 4.69) is 12.6 Å². The van der Waals surface area contributed by atoms with Crippen LogP contribution in [0.3, 0.4) is 0 Å². The van der Waals surface area contributed by atoms with Crippen LogP contribution in [0.25, 0.3) is 0 Å². The zero-order valence-corrected chi connectivity index (χ0v) is 10.5. The maximum Gasteiger partial charge on any atom is 0.142 e. The van der Waals surface area contributed by atoms with E-state index in [1.165, 1.54) is 11.1 Å². The Kier molecular flexibility index (Phi) is 2.68. The Hall–Kier alpha value is -0.540. The first kappa shape index (κ1) is 10.6. The maximum absolute atomic E-state index is 6.35. The lowest BCUT2D eigenvalue weighted by molar-refractivity contribution is 0.353. The molecule has 3 rings (SSSR count). The van der Waals surface area contributed by atoms with Gasteiger partial charge in [-0.15, -0.1) is 0 Å². The summed E-state index contributed by atoms with van der Waals surface area (Å²) in [5.41, 5.74) is 3.62. The summed E-state index contributed by atoms with van der Waals surface area (Å²) in [6.45, 7) is 1.47. The summed E-state index contributed by atoms with van der Waals surface area (Å²) in [6, 6.07) is 0. The van der Waals surface area contributed by atoms with E-state index in [0.29, 0.717) is 0 Å². The molecule has 0 fully saturated rings. The van der Waals surface area contributed by atoms with E-state index >= 15 is 0 Å². The molecule has 0 aliphatic carbocycles. The summed E-state index contributed by atoms with van der Waals surface area (Å²) in [7, 11) is 0. The topological polar surface area (TPSA) is 18.5 Å². The van der Waals surface area contributed by atoms with Crippen LogP contribution < -0.4 is 9.47 Å². The van der Waals surface area contributed by atoms with Crippen LogP contribution in [0.15, 0.2) is 0 Å². The number of hydrogen-bond acceptors (Lipinski definition) is 3. The van der Waals surface area contributed by atoms with Crippen LogP contribution in [0.5, 0.6) is 11.5 Å². The van der Waals surface area contributed by atoms with Gasteiger partial charge in [-0.2, -0.15) is 12.6 Å². The minimum Gasteiger partial charge on any atom is -0.493 e. The fourth-order valence-corrected chi connectivity index (χ4v) is 3.10. The zero-order chi connectivity index (χ0) is 11.1. The quantitative estimate of drug-likeness (QED) is 0.821. The van der Waals surface area contributed by atoms with Gasteiger partial charge in [0, 0.05) is 29.5 Å². The number of thiol groups is 1. The Morgan fingerprint density at radius 1 is 1.06 bits per heavy atom. The predicted molar refractivity (Wildman–Crippen MR) is 67.4 cm³/mol. The average Bonchev–Trinajstić information content (AvgIpc) is 2.92. The molecule has 2 aliphatic rings. The molecule has 0 bridgehead atoms. The highest BCUT2D eigenvalue weighted by atomic mass is 35.5. The molecule has 1 aromatic carbocycles. The number of ether oxygens (including phenoxy) is 2. The van der Waals surface area contributed by atoms with Crippen LogP contribution in [-0.4, -0.2) is 19.0 Å². The third-order valence-corrected chi connectivity index (χ3v) is 3.83. The smallest absolute Gasteiger partial charge is 0.142 e. The van der Waals surface area contributed by atoms with Crippen molar-refractivity contribution in [3.8, 4) is 11.5 Å². The first-order valence-electron chi connectivity index (χ1n) is 5.55. The monoisotopic (exact) mass is 256 g/mol. The van der Waals surface area contributed by atoms with Crippen molar-refractivity contribution in [1.82, 2.24) is 0 Å². The molecule has 86 valence electrons. The summed E-state index contributed by atoms with van der Waals surface area (Å²) in [5.74, 6) is 2.72. The fourth-order valence-electron chi connectivity index (χ4n) is 2.52. The Morgan fingerprint density at radius 3 is 2.50 bits per heavy atom. The van der Waals surface area contributed by atoms with E-state index in [0.717, 1.165) is 60.3 Å². The molecule has 0 N–H and O–H groups in total. The van der Waals surface area contributed by atoms with Crippen molar-refractivity contribution in [2.45, 2.75) is 19.3 Å². The summed E-state index contributed by atoms with van der Waals surface area (Å²) in [6.07, 6.45) is 2.76. The molecular weight excluding hydrogens is 244 g/mol. The minimum absolute atomic E-state index is 0.734. The second kappa shape index (κ2) is 4.04. The molecule has 0 amide bonds. The molecule has 2 aliphatic heterocycles. The van der Waals surface area contributed by atoms with Gasteiger partial charge in [0.25, 0.3) is 0 Å². The van der Waals surface area contributed by atoms with E-state index < -0.39 is 0 Å². The van der Waals surface area contributed by atoms with Crippen molar-refractivity contribution in [2.24, 2.45) is 0 Å². The van der Waals surface area contributed by atoms with Crippen molar-refractivity contribution in [2.75, 3.05) is 19.0 Å². The van der Waals surface area contributed by atoms with E-state index in [1.54, 1.807) is 0 Å². The zero-order valence-electron chi connectivity index (χ0n) is 8.88. The van der Waals surface area contributed by atoms with Gasteiger partial charge in [-0.3, -0.25) is 0 Å². The van der Waals surface area contributed by atoms with E-state index in [1.807, 2.05) is 0 Å². The van der Waals surface area contributed by atoms with Crippen LogP contribution in [0.2, 0.25) is 5.02 Å². The summed E-state index contributed by atoms with van der Waals surface area (Å²) in [4.78, 5) is 0.